The van der Waals surface area contributed by atoms with Crippen LogP contribution >= 0.6 is 0 Å². The highest BCUT2D eigenvalue weighted by Crippen LogP contribution is 2.48. The van der Waals surface area contributed by atoms with Gasteiger partial charge >= 0.3 is 0 Å². The van der Waals surface area contributed by atoms with Crippen molar-refractivity contribution in [1.82, 2.24) is 4.90 Å². The second-order valence-corrected chi connectivity index (χ2v) is 7.61. The topological polar surface area (TPSA) is 12.5 Å². The van der Waals surface area contributed by atoms with E-state index in [1.54, 1.807) is 11.1 Å². The average Bonchev–Trinajstić information content (AvgIpc) is 2.99. The zero-order chi connectivity index (χ0) is 14.4. The third-order valence-corrected chi connectivity index (χ3v) is 6.55. The third kappa shape index (κ3) is 2.15. The van der Waals surface area contributed by atoms with E-state index in [1.165, 1.54) is 32.4 Å². The van der Waals surface area contributed by atoms with Crippen LogP contribution in [0.1, 0.15) is 37.8 Å². The summed E-state index contributed by atoms with van der Waals surface area (Å²) in [7, 11) is 0. The first-order valence-electron chi connectivity index (χ1n) is 8.58. The van der Waals surface area contributed by atoms with E-state index in [4.69, 9.17) is 4.74 Å². The van der Waals surface area contributed by atoms with Crippen LogP contribution in [-0.2, 0) is 16.6 Å². The van der Waals surface area contributed by atoms with Crippen molar-refractivity contribution in [2.45, 2.75) is 44.6 Å². The predicted molar refractivity (Wildman–Crippen MR) is 85.6 cm³/mol. The molecule has 1 aromatic rings. The predicted octanol–water partition coefficient (Wildman–Crippen LogP) is 3.25. The summed E-state index contributed by atoms with van der Waals surface area (Å²) in [5, 5.41) is 0. The average molecular weight is 285 g/mol. The smallest absolute Gasteiger partial charge is 0.0507 e. The van der Waals surface area contributed by atoms with E-state index in [2.05, 4.69) is 43.0 Å². The highest BCUT2D eigenvalue weighted by molar-refractivity contribution is 5.39. The number of piperidine rings is 1. The number of benzene rings is 1. The molecule has 4 rings (SSSR count). The van der Waals surface area contributed by atoms with Crippen LogP contribution in [0.4, 0.5) is 0 Å². The molecule has 2 nitrogen and oxygen atoms in total. The molecule has 0 saturated carbocycles. The highest BCUT2D eigenvalue weighted by Gasteiger charge is 2.48. The molecule has 21 heavy (non-hydrogen) atoms. The van der Waals surface area contributed by atoms with E-state index in [0.717, 1.165) is 31.1 Å². The number of fused-ring (bicyclic) bond motifs is 4. The van der Waals surface area contributed by atoms with Crippen LogP contribution in [0.25, 0.3) is 0 Å². The van der Waals surface area contributed by atoms with Gasteiger partial charge in [0.05, 0.1) is 6.61 Å². The van der Waals surface area contributed by atoms with E-state index in [1.807, 2.05) is 0 Å². The lowest BCUT2D eigenvalue weighted by Crippen LogP contribution is -2.58. The Balaban J connectivity index is 1.62. The lowest BCUT2D eigenvalue weighted by atomic mass is 9.59. The molecule has 4 atom stereocenters. The Morgan fingerprint density at radius 1 is 1.33 bits per heavy atom. The van der Waals surface area contributed by atoms with Gasteiger partial charge in [0.1, 0.15) is 0 Å². The van der Waals surface area contributed by atoms with Crippen molar-refractivity contribution in [1.29, 1.82) is 0 Å². The van der Waals surface area contributed by atoms with E-state index in [9.17, 15) is 0 Å². The molecule has 2 aliphatic heterocycles. The molecule has 1 unspecified atom stereocenters. The molecule has 1 aliphatic carbocycles. The van der Waals surface area contributed by atoms with Crippen LogP contribution in [0, 0.1) is 11.8 Å². The van der Waals surface area contributed by atoms with Crippen molar-refractivity contribution in [2.75, 3.05) is 26.3 Å². The second kappa shape index (κ2) is 5.10. The fourth-order valence-corrected chi connectivity index (χ4v) is 4.96. The Bertz CT molecular complexity index is 522. The number of nitrogens with zero attached hydrogens (tertiary/aromatic N) is 1. The number of rotatable bonds is 2. The molecule has 0 radical (unpaired) electrons. The lowest BCUT2D eigenvalue weighted by molar-refractivity contribution is 0.0199. The summed E-state index contributed by atoms with van der Waals surface area (Å²) in [5.74, 6) is 1.52. The van der Waals surface area contributed by atoms with Crippen molar-refractivity contribution in [3.8, 4) is 0 Å². The molecule has 0 N–H and O–H groups in total. The Morgan fingerprint density at radius 3 is 3.00 bits per heavy atom. The Labute approximate surface area is 128 Å². The number of likely N-dealkylation sites (tertiary alicyclic amines) is 1. The van der Waals surface area contributed by atoms with Gasteiger partial charge < -0.3 is 4.74 Å². The van der Waals surface area contributed by atoms with Gasteiger partial charge in [-0.2, -0.15) is 0 Å². The van der Waals surface area contributed by atoms with Gasteiger partial charge in [0.25, 0.3) is 0 Å². The van der Waals surface area contributed by atoms with Gasteiger partial charge in [-0.05, 0) is 54.2 Å². The Hall–Kier alpha value is -0.860. The van der Waals surface area contributed by atoms with Gasteiger partial charge in [0.2, 0.25) is 0 Å². The van der Waals surface area contributed by atoms with Crippen molar-refractivity contribution < 1.29 is 4.74 Å². The van der Waals surface area contributed by atoms with Crippen LogP contribution in [0.2, 0.25) is 0 Å². The molecule has 2 heterocycles. The van der Waals surface area contributed by atoms with Gasteiger partial charge in [0.15, 0.2) is 0 Å². The first-order valence-corrected chi connectivity index (χ1v) is 8.58. The summed E-state index contributed by atoms with van der Waals surface area (Å²) >= 11 is 0. The minimum atomic E-state index is 0.377. The maximum Gasteiger partial charge on any atom is 0.0507 e. The fourth-order valence-electron chi connectivity index (χ4n) is 4.96. The first-order chi connectivity index (χ1) is 10.2. The third-order valence-electron chi connectivity index (χ3n) is 6.55. The summed E-state index contributed by atoms with van der Waals surface area (Å²) in [6.45, 7) is 9.44. The van der Waals surface area contributed by atoms with E-state index in [0.29, 0.717) is 5.41 Å². The number of ether oxygens (including phenoxy) is 1. The van der Waals surface area contributed by atoms with Crippen LogP contribution in [0.5, 0.6) is 0 Å². The van der Waals surface area contributed by atoms with Gasteiger partial charge in [-0.1, -0.05) is 38.1 Å². The number of hydrogen-bond donors (Lipinski definition) is 0. The maximum atomic E-state index is 5.58. The maximum absolute atomic E-state index is 5.58. The summed E-state index contributed by atoms with van der Waals surface area (Å²) in [6.07, 6.45) is 3.79. The van der Waals surface area contributed by atoms with Crippen molar-refractivity contribution in [2.24, 2.45) is 11.8 Å². The lowest BCUT2D eigenvalue weighted by Gasteiger charge is -2.55. The molecular formula is C19H27NO. The molecule has 0 aromatic heterocycles. The monoisotopic (exact) mass is 285 g/mol. The Morgan fingerprint density at radius 2 is 2.19 bits per heavy atom. The van der Waals surface area contributed by atoms with Gasteiger partial charge in [0, 0.05) is 19.2 Å². The molecule has 1 aromatic carbocycles. The molecule has 2 saturated heterocycles. The van der Waals surface area contributed by atoms with Gasteiger partial charge in [-0.15, -0.1) is 0 Å². The van der Waals surface area contributed by atoms with Gasteiger partial charge in [-0.3, -0.25) is 4.90 Å². The van der Waals surface area contributed by atoms with Crippen LogP contribution in [0.15, 0.2) is 24.3 Å². The molecule has 2 heteroatoms. The molecule has 2 bridgehead atoms. The largest absolute Gasteiger partial charge is 0.381 e. The zero-order valence-corrected chi connectivity index (χ0v) is 13.3. The second-order valence-electron chi connectivity index (χ2n) is 7.61. The fraction of sp³-hybridized carbons (Fsp3) is 0.684. The normalized spacial score (nSPS) is 39.2. The minimum absolute atomic E-state index is 0.377. The van der Waals surface area contributed by atoms with E-state index < -0.39 is 0 Å². The van der Waals surface area contributed by atoms with Crippen LogP contribution in [0.3, 0.4) is 0 Å². The Kier molecular flexibility index (Phi) is 3.35. The highest BCUT2D eigenvalue weighted by atomic mass is 16.5. The standard InChI is InChI=1S/C19H27NO/c1-14-18-11-16-5-3-4-6-17(16)19(14,2)8-9-20(18)12-15-7-10-21-13-15/h3-6,14-15,18H,7-13H2,1-2H3/t14-,15?,18-,19-/m1/s1. The van der Waals surface area contributed by atoms with Crippen molar-refractivity contribution >= 4 is 0 Å². The summed E-state index contributed by atoms with van der Waals surface area (Å²) in [4.78, 5) is 2.78. The summed E-state index contributed by atoms with van der Waals surface area (Å²) < 4.78 is 5.58. The van der Waals surface area contributed by atoms with E-state index >= 15 is 0 Å². The minimum Gasteiger partial charge on any atom is -0.381 e. The SMILES string of the molecule is C[C@@H]1[C@H]2Cc3ccccc3[C@]1(C)CCN2CC1CCOC1. The quantitative estimate of drug-likeness (QED) is 0.827. The zero-order valence-electron chi connectivity index (χ0n) is 13.3. The summed E-state index contributed by atoms with van der Waals surface area (Å²) in [6, 6.07) is 9.89. The molecule has 114 valence electrons. The molecule has 0 spiro atoms. The molecular weight excluding hydrogens is 258 g/mol. The van der Waals surface area contributed by atoms with Crippen LogP contribution in [-0.4, -0.2) is 37.2 Å². The van der Waals surface area contributed by atoms with Crippen molar-refractivity contribution in [3.63, 3.8) is 0 Å². The van der Waals surface area contributed by atoms with E-state index in [-0.39, 0.29) is 0 Å². The molecule has 0 amide bonds. The van der Waals surface area contributed by atoms with Gasteiger partial charge in [-0.25, -0.2) is 0 Å². The van der Waals surface area contributed by atoms with Crippen molar-refractivity contribution in [3.05, 3.63) is 35.4 Å². The summed E-state index contributed by atoms with van der Waals surface area (Å²) in [5.41, 5.74) is 3.59. The molecule has 2 fully saturated rings. The first kappa shape index (κ1) is 13.8. The molecule has 3 aliphatic rings. The number of hydrogen-bond acceptors (Lipinski definition) is 2. The van der Waals surface area contributed by atoms with Crippen LogP contribution < -0.4 is 0 Å².